The Bertz CT molecular complexity index is 1590. The average molecular weight is 669 g/mol. The number of ether oxygens (including phenoxy) is 3. The average Bonchev–Trinajstić information content (AvgIpc) is 3.28. The fourth-order valence-corrected chi connectivity index (χ4v) is 4.84. The first kappa shape index (κ1) is 35.8. The van der Waals surface area contributed by atoms with Crippen molar-refractivity contribution in [2.24, 2.45) is 10.8 Å². The first-order valence-electron chi connectivity index (χ1n) is 14.0. The lowest BCUT2D eigenvalue weighted by Crippen LogP contribution is -2.32. The van der Waals surface area contributed by atoms with Gasteiger partial charge in [-0.15, -0.1) is 0 Å². The molecule has 0 unspecified atom stereocenters. The zero-order chi connectivity index (χ0) is 33.4. The van der Waals surface area contributed by atoms with E-state index in [9.17, 15) is 18.9 Å². The minimum atomic E-state index is -3.93. The van der Waals surface area contributed by atoms with Crippen molar-refractivity contribution in [2.75, 3.05) is 32.1 Å². The molecule has 0 saturated carbocycles. The summed E-state index contributed by atoms with van der Waals surface area (Å²) < 4.78 is 43.5. The van der Waals surface area contributed by atoms with E-state index in [0.717, 1.165) is 0 Å². The predicted molar refractivity (Wildman–Crippen MR) is 167 cm³/mol. The standard InChI is InChI=1S/C29H39ClN5O9P/c1-28(2,3)25(37)41-18-43-45(39,44-19-42-26(38)29(4,5)6)16-8-7-13-35-17-34(22-23(35)32-27(31)33-24(22)36)14-15-40-21-11-9-20(30)10-12-21/h7-12,17H,13-16,18-19H2,1-6H3,(H2-,31,32,33,36)/p+1/b8-7-. The summed E-state index contributed by atoms with van der Waals surface area (Å²) in [5.74, 6) is -0.548. The minimum Gasteiger partial charge on any atom is -0.490 e. The molecule has 0 bridgehead atoms. The number of benzene rings is 1. The van der Waals surface area contributed by atoms with Gasteiger partial charge in [0.2, 0.25) is 19.1 Å². The molecule has 0 aliphatic carbocycles. The van der Waals surface area contributed by atoms with E-state index < -0.39 is 49.5 Å². The van der Waals surface area contributed by atoms with Gasteiger partial charge in [-0.2, -0.15) is 0 Å². The van der Waals surface area contributed by atoms with Crippen molar-refractivity contribution >= 4 is 48.2 Å². The smallest absolute Gasteiger partial charge is 0.340 e. The number of halogens is 1. The minimum absolute atomic E-state index is 0.0543. The number of H-pyrrole nitrogens is 1. The molecule has 3 aromatic rings. The lowest BCUT2D eigenvalue weighted by atomic mass is 9.98. The number of aromatic nitrogens is 4. The van der Waals surface area contributed by atoms with E-state index in [2.05, 4.69) is 9.97 Å². The summed E-state index contributed by atoms with van der Waals surface area (Å²) in [7, 11) is -3.93. The largest absolute Gasteiger partial charge is 0.490 e. The van der Waals surface area contributed by atoms with Gasteiger partial charge in [-0.1, -0.05) is 28.7 Å². The van der Waals surface area contributed by atoms with Crippen LogP contribution in [0.4, 0.5) is 5.95 Å². The summed E-state index contributed by atoms with van der Waals surface area (Å²) in [5, 5.41) is 0.588. The molecule has 0 atom stereocenters. The molecule has 14 nitrogen and oxygen atoms in total. The van der Waals surface area contributed by atoms with Gasteiger partial charge in [0.05, 0.1) is 23.5 Å². The fourth-order valence-electron chi connectivity index (χ4n) is 3.60. The van der Waals surface area contributed by atoms with E-state index in [1.165, 1.54) is 6.08 Å². The molecule has 0 saturated heterocycles. The molecular formula is C29H40ClN5O9P+. The second-order valence-corrected chi connectivity index (χ2v) is 14.5. The Balaban J connectivity index is 1.72. The number of nitrogens with zero attached hydrogens (tertiary/aromatic N) is 3. The Kier molecular flexibility index (Phi) is 12.0. The zero-order valence-corrected chi connectivity index (χ0v) is 27.9. The van der Waals surface area contributed by atoms with Crippen LogP contribution in [0.3, 0.4) is 0 Å². The summed E-state index contributed by atoms with van der Waals surface area (Å²) in [6.45, 7) is 9.52. The third-order valence-electron chi connectivity index (χ3n) is 6.05. The van der Waals surface area contributed by atoms with Crippen molar-refractivity contribution in [1.29, 1.82) is 0 Å². The maximum Gasteiger partial charge on any atom is 0.340 e. The molecule has 1 aromatic carbocycles. The highest BCUT2D eigenvalue weighted by Gasteiger charge is 2.29. The molecule has 2 aromatic heterocycles. The highest BCUT2D eigenvalue weighted by atomic mass is 35.5. The van der Waals surface area contributed by atoms with Crippen molar-refractivity contribution in [3.05, 3.63) is 58.1 Å². The number of hydrogen-bond donors (Lipinski definition) is 2. The number of hydrogen-bond acceptors (Lipinski definition) is 11. The van der Waals surface area contributed by atoms with Crippen molar-refractivity contribution in [3.63, 3.8) is 0 Å². The van der Waals surface area contributed by atoms with Gasteiger partial charge in [0.25, 0.3) is 11.5 Å². The summed E-state index contributed by atoms with van der Waals surface area (Å²) in [6, 6.07) is 6.91. The van der Waals surface area contributed by atoms with Gasteiger partial charge in [-0.3, -0.25) is 37.5 Å². The van der Waals surface area contributed by atoms with E-state index in [0.29, 0.717) is 23.0 Å². The number of nitrogens with one attached hydrogen (secondary N) is 1. The van der Waals surface area contributed by atoms with E-state index >= 15 is 0 Å². The van der Waals surface area contributed by atoms with Gasteiger partial charge in [-0.25, -0.2) is 4.57 Å². The van der Waals surface area contributed by atoms with Crippen LogP contribution in [-0.2, 0) is 45.8 Å². The second kappa shape index (κ2) is 15.0. The monoisotopic (exact) mass is 668 g/mol. The van der Waals surface area contributed by atoms with Crippen molar-refractivity contribution in [2.45, 2.75) is 54.6 Å². The molecule has 3 N–H and O–H groups in total. The van der Waals surface area contributed by atoms with Gasteiger partial charge in [0.1, 0.15) is 18.9 Å². The maximum absolute atomic E-state index is 13.5. The van der Waals surface area contributed by atoms with E-state index in [4.69, 9.17) is 40.6 Å². The Labute approximate surface area is 265 Å². The molecule has 45 heavy (non-hydrogen) atoms. The number of nitrogens with two attached hydrogens (primary N) is 1. The van der Waals surface area contributed by atoms with Gasteiger partial charge < -0.3 is 19.9 Å². The maximum atomic E-state index is 13.5. The quantitative estimate of drug-likeness (QED) is 0.0827. The number of esters is 2. The lowest BCUT2D eigenvalue weighted by molar-refractivity contribution is -0.663. The number of carbonyl (C=O) groups excluding carboxylic acids is 2. The summed E-state index contributed by atoms with van der Waals surface area (Å²) in [5.41, 5.74) is 4.40. The van der Waals surface area contributed by atoms with Crippen LogP contribution in [-0.4, -0.2) is 52.8 Å². The molecule has 0 fully saturated rings. The van der Waals surface area contributed by atoms with Crippen LogP contribution in [0, 0.1) is 10.8 Å². The molecule has 0 aliphatic heterocycles. The molecule has 246 valence electrons. The molecule has 3 rings (SSSR count). The van der Waals surface area contributed by atoms with Crippen LogP contribution in [0.5, 0.6) is 5.75 Å². The van der Waals surface area contributed by atoms with E-state index in [1.54, 1.807) is 87.3 Å². The first-order chi connectivity index (χ1) is 21.0. The number of fused-ring (bicyclic) bond motifs is 1. The van der Waals surface area contributed by atoms with E-state index in [-0.39, 0.29) is 30.8 Å². The van der Waals surface area contributed by atoms with Crippen LogP contribution in [0.25, 0.3) is 11.2 Å². The van der Waals surface area contributed by atoms with Gasteiger partial charge >= 0.3 is 25.2 Å². The summed E-state index contributed by atoms with van der Waals surface area (Å²) in [4.78, 5) is 43.8. The van der Waals surface area contributed by atoms with E-state index in [1.807, 2.05) is 0 Å². The molecule has 0 radical (unpaired) electrons. The third kappa shape index (κ3) is 10.7. The Morgan fingerprint density at radius 3 is 2.16 bits per heavy atom. The summed E-state index contributed by atoms with van der Waals surface area (Å²) in [6.07, 6.45) is 4.65. The van der Waals surface area contributed by atoms with Crippen LogP contribution < -0.4 is 20.6 Å². The number of carbonyl (C=O) groups is 2. The van der Waals surface area contributed by atoms with Crippen molar-refractivity contribution < 1.29 is 42.0 Å². The zero-order valence-electron chi connectivity index (χ0n) is 26.2. The highest BCUT2D eigenvalue weighted by Crippen LogP contribution is 2.48. The number of aromatic amines is 1. The first-order valence-corrected chi connectivity index (χ1v) is 16.1. The van der Waals surface area contributed by atoms with Crippen LogP contribution in [0.15, 0.2) is 47.5 Å². The van der Waals surface area contributed by atoms with Crippen molar-refractivity contribution in [1.82, 2.24) is 14.5 Å². The number of rotatable bonds is 14. The number of anilines is 1. The molecule has 0 amide bonds. The van der Waals surface area contributed by atoms with Gasteiger partial charge in [-0.05, 0) is 65.8 Å². The van der Waals surface area contributed by atoms with Crippen LogP contribution in [0.2, 0.25) is 5.02 Å². The normalized spacial score (nSPS) is 12.5. The third-order valence-corrected chi connectivity index (χ3v) is 7.96. The van der Waals surface area contributed by atoms with Gasteiger partial charge in [0.15, 0.2) is 6.33 Å². The fraction of sp³-hybridized carbons (Fsp3) is 0.483. The van der Waals surface area contributed by atoms with Crippen LogP contribution in [0.1, 0.15) is 41.5 Å². The Morgan fingerprint density at radius 1 is 1.02 bits per heavy atom. The number of imidazole rings is 1. The van der Waals surface area contributed by atoms with Crippen molar-refractivity contribution in [3.8, 4) is 5.75 Å². The van der Waals surface area contributed by atoms with Gasteiger partial charge in [0, 0.05) is 5.02 Å². The molecule has 2 heterocycles. The summed E-state index contributed by atoms with van der Waals surface area (Å²) >= 11 is 5.93. The molecule has 0 aliphatic rings. The second-order valence-electron chi connectivity index (χ2n) is 12.0. The lowest BCUT2D eigenvalue weighted by Gasteiger charge is -2.21. The Morgan fingerprint density at radius 2 is 1.60 bits per heavy atom. The predicted octanol–water partition coefficient (Wildman–Crippen LogP) is 4.20. The molecule has 16 heteroatoms. The van der Waals surface area contributed by atoms with Crippen LogP contribution >= 0.6 is 19.2 Å². The molecule has 0 spiro atoms. The topological polar surface area (TPSA) is 178 Å². The SMILES string of the molecule is CC(C)(C)C(=O)OCOP(=O)(C/C=C\C[n+]1cn(CCOc2ccc(Cl)cc2)c2c(=O)[nH]c(N)nc21)OCOC(=O)C(C)(C)C. The number of nitrogen functional groups attached to an aromatic ring is 1. The highest BCUT2D eigenvalue weighted by molar-refractivity contribution is 7.54. The molecular weight excluding hydrogens is 629 g/mol. The number of allylic oxidation sites excluding steroid dienone is 2. The Hall–Kier alpha value is -3.71.